The van der Waals surface area contributed by atoms with Gasteiger partial charge in [-0.05, 0) is 31.0 Å². The van der Waals surface area contributed by atoms with Crippen LogP contribution in [0.1, 0.15) is 27.0 Å². The van der Waals surface area contributed by atoms with Crippen LogP contribution in [0.15, 0.2) is 95.4 Å². The van der Waals surface area contributed by atoms with Crippen molar-refractivity contribution in [1.29, 1.82) is 0 Å². The van der Waals surface area contributed by atoms with Crippen molar-refractivity contribution in [3.05, 3.63) is 113 Å². The number of amides is 1. The fourth-order valence-corrected chi connectivity index (χ4v) is 5.70. The Labute approximate surface area is 229 Å². The third-order valence-corrected chi connectivity index (χ3v) is 7.86. The zero-order valence-electron chi connectivity index (χ0n) is 22.4. The van der Waals surface area contributed by atoms with Gasteiger partial charge in [0.05, 0.1) is 24.1 Å². The van der Waals surface area contributed by atoms with Crippen molar-refractivity contribution in [3.63, 3.8) is 0 Å². The lowest BCUT2D eigenvalue weighted by molar-refractivity contribution is 0.0964. The molecule has 0 spiro atoms. The van der Waals surface area contributed by atoms with Crippen molar-refractivity contribution in [2.75, 3.05) is 17.6 Å². The van der Waals surface area contributed by atoms with E-state index in [0.717, 1.165) is 27.8 Å². The van der Waals surface area contributed by atoms with Gasteiger partial charge in [0, 0.05) is 29.6 Å². The quantitative estimate of drug-likeness (QED) is 0.250. The maximum Gasteiger partial charge on any atom is 0.255 e. The second-order valence-corrected chi connectivity index (χ2v) is 11.6. The Morgan fingerprint density at radius 2 is 1.56 bits per heavy atom. The molecule has 5 rings (SSSR count). The van der Waals surface area contributed by atoms with E-state index >= 15 is 0 Å². The van der Waals surface area contributed by atoms with Crippen LogP contribution in [0, 0.1) is 13.8 Å². The Bertz CT molecular complexity index is 1770. The molecule has 0 radical (unpaired) electrons. The van der Waals surface area contributed by atoms with Gasteiger partial charge in [0.25, 0.3) is 5.91 Å². The topological polar surface area (TPSA) is 79.6 Å². The highest BCUT2D eigenvalue weighted by Crippen LogP contribution is 2.42. The average molecular weight is 539 g/mol. The third-order valence-electron chi connectivity index (χ3n) is 6.74. The lowest BCUT2D eigenvalue weighted by atomic mass is 9.98. The molecule has 7 heteroatoms. The van der Waals surface area contributed by atoms with Crippen LogP contribution in [0.25, 0.3) is 33.4 Å². The molecule has 0 unspecified atom stereocenters. The maximum atomic E-state index is 13.3. The molecule has 0 aliphatic heterocycles. The van der Waals surface area contributed by atoms with Gasteiger partial charge >= 0.3 is 0 Å². The van der Waals surface area contributed by atoms with E-state index in [9.17, 15) is 13.2 Å². The van der Waals surface area contributed by atoms with E-state index in [0.29, 0.717) is 33.5 Å². The minimum Gasteiger partial charge on any atom is -0.455 e. The summed E-state index contributed by atoms with van der Waals surface area (Å²) in [6.45, 7) is 4.12. The highest BCUT2D eigenvalue weighted by molar-refractivity contribution is 7.92. The average Bonchev–Trinajstić information content (AvgIpc) is 3.29. The van der Waals surface area contributed by atoms with Crippen LogP contribution in [-0.2, 0) is 16.6 Å². The fraction of sp³-hybridized carbons (Fsp3) is 0.156. The second kappa shape index (κ2) is 10.4. The van der Waals surface area contributed by atoms with Gasteiger partial charge in [-0.25, -0.2) is 8.42 Å². The molecule has 1 aromatic heterocycles. The van der Waals surface area contributed by atoms with E-state index in [1.807, 2.05) is 98.8 Å². The number of carbonyl (C=O) groups is 1. The Kier molecular flexibility index (Phi) is 7.02. The number of carbonyl (C=O) groups excluding carboxylic acids is 1. The zero-order valence-corrected chi connectivity index (χ0v) is 23.2. The van der Waals surface area contributed by atoms with Gasteiger partial charge in [0.15, 0.2) is 0 Å². The van der Waals surface area contributed by atoms with E-state index < -0.39 is 10.0 Å². The Morgan fingerprint density at radius 1 is 0.846 bits per heavy atom. The van der Waals surface area contributed by atoms with Crippen molar-refractivity contribution in [3.8, 4) is 22.5 Å². The summed E-state index contributed by atoms with van der Waals surface area (Å²) in [5, 5.41) is 3.34. The molecule has 5 aromatic rings. The molecule has 6 nitrogen and oxygen atoms in total. The number of nitrogens with one attached hydrogen (secondary N) is 1. The van der Waals surface area contributed by atoms with E-state index in [4.69, 9.17) is 4.42 Å². The number of anilines is 1. The molecule has 0 saturated heterocycles. The highest BCUT2D eigenvalue weighted by Gasteiger charge is 2.27. The van der Waals surface area contributed by atoms with E-state index in [-0.39, 0.29) is 12.5 Å². The molecule has 1 heterocycles. The summed E-state index contributed by atoms with van der Waals surface area (Å²) in [6, 6.07) is 28.7. The van der Waals surface area contributed by atoms with Crippen molar-refractivity contribution >= 4 is 32.6 Å². The zero-order chi connectivity index (χ0) is 27.7. The van der Waals surface area contributed by atoms with Crippen molar-refractivity contribution in [2.24, 2.45) is 0 Å². The van der Waals surface area contributed by atoms with Crippen molar-refractivity contribution in [2.45, 2.75) is 20.4 Å². The summed E-state index contributed by atoms with van der Waals surface area (Å²) in [4.78, 5) is 13.2. The molecule has 0 aliphatic carbocycles. The first-order valence-corrected chi connectivity index (χ1v) is 14.5. The Morgan fingerprint density at radius 3 is 2.21 bits per heavy atom. The number of nitrogens with zero attached hydrogens (tertiary/aromatic N) is 1. The molecular weight excluding hydrogens is 508 g/mol. The van der Waals surface area contributed by atoms with E-state index in [2.05, 4.69) is 5.32 Å². The molecule has 198 valence electrons. The van der Waals surface area contributed by atoms with Crippen LogP contribution in [0.2, 0.25) is 0 Å². The second-order valence-electron chi connectivity index (χ2n) is 9.74. The number of sulfonamides is 1. The summed E-state index contributed by atoms with van der Waals surface area (Å²) in [5.74, 6) is 0.154. The molecule has 4 aromatic carbocycles. The van der Waals surface area contributed by atoms with Gasteiger partial charge in [-0.1, -0.05) is 90.0 Å². The first-order valence-electron chi connectivity index (χ1n) is 12.6. The normalized spacial score (nSPS) is 11.5. The van der Waals surface area contributed by atoms with E-state index in [1.165, 1.54) is 10.6 Å². The predicted octanol–water partition coefficient (Wildman–Crippen LogP) is 6.71. The van der Waals surface area contributed by atoms with E-state index in [1.54, 1.807) is 13.1 Å². The molecule has 0 fully saturated rings. The van der Waals surface area contributed by atoms with Gasteiger partial charge in [-0.15, -0.1) is 0 Å². The number of furan rings is 1. The number of hydrogen-bond acceptors (Lipinski definition) is 4. The molecule has 0 bridgehead atoms. The van der Waals surface area contributed by atoms with Gasteiger partial charge in [0.2, 0.25) is 10.0 Å². The largest absolute Gasteiger partial charge is 0.455 e. The van der Waals surface area contributed by atoms with Gasteiger partial charge in [-0.2, -0.15) is 0 Å². The number of aryl methyl sites for hydroxylation is 2. The van der Waals surface area contributed by atoms with Crippen LogP contribution in [0.5, 0.6) is 0 Å². The minimum atomic E-state index is -3.70. The van der Waals surface area contributed by atoms with Crippen LogP contribution < -0.4 is 9.62 Å². The summed E-state index contributed by atoms with van der Waals surface area (Å²) in [7, 11) is -2.11. The number of rotatable bonds is 7. The first-order chi connectivity index (χ1) is 18.7. The fourth-order valence-electron chi connectivity index (χ4n) is 4.80. The Balaban J connectivity index is 1.81. The van der Waals surface area contributed by atoms with Crippen LogP contribution in [0.3, 0.4) is 0 Å². The molecule has 1 N–H and O–H groups in total. The monoisotopic (exact) mass is 538 g/mol. The number of hydrogen-bond donors (Lipinski definition) is 1. The van der Waals surface area contributed by atoms with Gasteiger partial charge < -0.3 is 9.73 Å². The van der Waals surface area contributed by atoms with Crippen LogP contribution in [-0.4, -0.2) is 27.6 Å². The first kappa shape index (κ1) is 26.3. The van der Waals surface area contributed by atoms with Crippen molar-refractivity contribution < 1.29 is 17.6 Å². The number of benzene rings is 4. The standard InChI is InChI=1S/C32H30N2O4S/c1-21-13-15-25(16-14-21)31-30(32(35)33-3)27-18-26(24-11-6-5-7-12-24)28(19-29(27)38-31)34(39(4,36)37)20-23-10-8-9-22(2)17-23/h5-19H,20H2,1-4H3,(H,33,35). The van der Waals surface area contributed by atoms with Gasteiger partial charge in [0.1, 0.15) is 11.3 Å². The third kappa shape index (κ3) is 5.31. The van der Waals surface area contributed by atoms with Crippen LogP contribution in [0.4, 0.5) is 5.69 Å². The molecular formula is C32H30N2O4S. The summed E-state index contributed by atoms with van der Waals surface area (Å²) in [6.07, 6.45) is 1.21. The summed E-state index contributed by atoms with van der Waals surface area (Å²) >= 11 is 0. The highest BCUT2D eigenvalue weighted by atomic mass is 32.2. The SMILES string of the molecule is CNC(=O)c1c(-c2ccc(C)cc2)oc2cc(N(Cc3cccc(C)c3)S(C)(=O)=O)c(-c3ccccc3)cc12. The lowest BCUT2D eigenvalue weighted by Crippen LogP contribution is -2.29. The molecule has 0 atom stereocenters. The minimum absolute atomic E-state index is 0.152. The van der Waals surface area contributed by atoms with Crippen molar-refractivity contribution in [1.82, 2.24) is 5.32 Å². The van der Waals surface area contributed by atoms with Gasteiger partial charge in [-0.3, -0.25) is 9.10 Å². The summed E-state index contributed by atoms with van der Waals surface area (Å²) < 4.78 is 34.2. The smallest absolute Gasteiger partial charge is 0.255 e. The molecule has 0 aliphatic rings. The number of fused-ring (bicyclic) bond motifs is 1. The predicted molar refractivity (Wildman–Crippen MR) is 157 cm³/mol. The lowest BCUT2D eigenvalue weighted by Gasteiger charge is -2.25. The summed E-state index contributed by atoms with van der Waals surface area (Å²) in [5.41, 5.74) is 6.58. The maximum absolute atomic E-state index is 13.3. The van der Waals surface area contributed by atoms with Crippen LogP contribution >= 0.6 is 0 Å². The molecule has 0 saturated carbocycles. The Hall–Kier alpha value is -4.36. The molecule has 1 amide bonds. The molecule has 39 heavy (non-hydrogen) atoms.